The summed E-state index contributed by atoms with van der Waals surface area (Å²) in [6.07, 6.45) is 6.01. The minimum Gasteiger partial charge on any atom is -0.193 e. The van der Waals surface area contributed by atoms with Gasteiger partial charge in [0.05, 0.1) is 6.07 Å². The van der Waals surface area contributed by atoms with Gasteiger partial charge in [-0.1, -0.05) is 32.4 Å². The first-order valence-corrected chi connectivity index (χ1v) is 4.34. The van der Waals surface area contributed by atoms with Crippen LogP contribution < -0.4 is 0 Å². The molecule has 64 valence electrons. The molecule has 0 amide bonds. The minimum absolute atomic E-state index is 0.261. The highest BCUT2D eigenvalue weighted by Gasteiger charge is 2.18. The molecule has 0 unspecified atom stereocenters. The number of rotatable bonds is 0. The highest BCUT2D eigenvalue weighted by molar-refractivity contribution is 5.34. The Balaban J connectivity index is 2.82. The van der Waals surface area contributed by atoms with Gasteiger partial charge in [-0.05, 0) is 24.3 Å². The quantitative estimate of drug-likeness (QED) is 0.535. The smallest absolute Gasteiger partial charge is 0.0947 e. The van der Waals surface area contributed by atoms with E-state index >= 15 is 0 Å². The van der Waals surface area contributed by atoms with Crippen LogP contribution in [0.1, 0.15) is 33.6 Å². The molecule has 0 N–H and O–H groups in total. The first-order valence-electron chi connectivity index (χ1n) is 4.34. The Hall–Kier alpha value is -1.03. The lowest BCUT2D eigenvalue weighted by molar-refractivity contribution is 0.480. The summed E-state index contributed by atoms with van der Waals surface area (Å²) in [6, 6.07) is 2.19. The number of nitrogens with zero attached hydrogens (tertiary/aromatic N) is 1. The second-order valence-corrected chi connectivity index (χ2v) is 4.25. The minimum atomic E-state index is 0.261. The van der Waals surface area contributed by atoms with Gasteiger partial charge in [0.25, 0.3) is 0 Å². The summed E-state index contributed by atoms with van der Waals surface area (Å²) in [5, 5.41) is 8.63. The van der Waals surface area contributed by atoms with E-state index in [4.69, 9.17) is 5.26 Å². The maximum Gasteiger partial charge on any atom is 0.0947 e. The number of hydrogen-bond acceptors (Lipinski definition) is 1. The molecule has 0 saturated heterocycles. The maximum atomic E-state index is 8.63. The molecule has 0 aromatic rings. The van der Waals surface area contributed by atoms with Crippen LogP contribution in [-0.2, 0) is 0 Å². The van der Waals surface area contributed by atoms with Crippen molar-refractivity contribution in [3.8, 4) is 6.07 Å². The van der Waals surface area contributed by atoms with Gasteiger partial charge in [0.15, 0.2) is 0 Å². The molecule has 0 spiro atoms. The molecule has 1 aliphatic rings. The van der Waals surface area contributed by atoms with Crippen LogP contribution in [0.5, 0.6) is 0 Å². The normalized spacial score (nSPS) is 17.8. The lowest BCUT2D eigenvalue weighted by Gasteiger charge is -2.24. The zero-order chi connectivity index (χ0) is 9.19. The highest BCUT2D eigenvalue weighted by Crippen LogP contribution is 2.32. The van der Waals surface area contributed by atoms with Gasteiger partial charge in [0.2, 0.25) is 0 Å². The Morgan fingerprint density at radius 1 is 1.25 bits per heavy atom. The van der Waals surface area contributed by atoms with Crippen LogP contribution in [-0.4, -0.2) is 0 Å². The number of allylic oxidation sites excluding steroid dienone is 4. The third-order valence-corrected chi connectivity index (χ3v) is 2.26. The zero-order valence-electron chi connectivity index (χ0n) is 8.02. The van der Waals surface area contributed by atoms with E-state index in [9.17, 15) is 0 Å². The van der Waals surface area contributed by atoms with E-state index in [1.807, 2.05) is 6.08 Å². The molecule has 12 heavy (non-hydrogen) atoms. The van der Waals surface area contributed by atoms with Gasteiger partial charge in [-0.15, -0.1) is 0 Å². The van der Waals surface area contributed by atoms with E-state index in [1.54, 1.807) is 0 Å². The molecule has 0 heterocycles. The van der Waals surface area contributed by atoms with Crippen LogP contribution in [0.3, 0.4) is 0 Å². The molecule has 0 bridgehead atoms. The maximum absolute atomic E-state index is 8.63. The van der Waals surface area contributed by atoms with E-state index in [-0.39, 0.29) is 5.41 Å². The monoisotopic (exact) mass is 161 g/mol. The predicted octanol–water partition coefficient (Wildman–Crippen LogP) is 3.20. The average Bonchev–Trinajstić information content (AvgIpc) is 2.03. The van der Waals surface area contributed by atoms with Gasteiger partial charge in [-0.25, -0.2) is 0 Å². The van der Waals surface area contributed by atoms with Crippen molar-refractivity contribution in [3.63, 3.8) is 0 Å². The first kappa shape index (κ1) is 9.06. The van der Waals surface area contributed by atoms with Crippen molar-refractivity contribution in [2.75, 3.05) is 0 Å². The Labute approximate surface area is 74.4 Å². The van der Waals surface area contributed by atoms with Crippen LogP contribution in [0, 0.1) is 16.7 Å². The van der Waals surface area contributed by atoms with Crippen molar-refractivity contribution in [1.82, 2.24) is 0 Å². The first-order chi connectivity index (χ1) is 5.54. The molecule has 0 saturated carbocycles. The summed E-state index contributed by atoms with van der Waals surface area (Å²) in [7, 11) is 0. The van der Waals surface area contributed by atoms with Gasteiger partial charge in [-0.2, -0.15) is 5.26 Å². The van der Waals surface area contributed by atoms with Crippen molar-refractivity contribution in [3.05, 3.63) is 23.3 Å². The van der Waals surface area contributed by atoms with Gasteiger partial charge in [0, 0.05) is 5.57 Å². The summed E-state index contributed by atoms with van der Waals surface area (Å²) >= 11 is 0. The van der Waals surface area contributed by atoms with Crippen molar-refractivity contribution >= 4 is 0 Å². The molecule has 0 aliphatic heterocycles. The molecule has 1 rings (SSSR count). The molecule has 0 radical (unpaired) electrons. The van der Waals surface area contributed by atoms with E-state index in [0.29, 0.717) is 0 Å². The Bertz CT molecular complexity index is 268. The Kier molecular flexibility index (Phi) is 2.38. The Morgan fingerprint density at radius 2 is 1.92 bits per heavy atom. The summed E-state index contributed by atoms with van der Waals surface area (Å²) < 4.78 is 0. The summed E-state index contributed by atoms with van der Waals surface area (Å²) in [6.45, 7) is 6.64. The lowest BCUT2D eigenvalue weighted by Crippen LogP contribution is -2.11. The zero-order valence-corrected chi connectivity index (χ0v) is 8.02. The second-order valence-electron chi connectivity index (χ2n) is 4.25. The fourth-order valence-electron chi connectivity index (χ4n) is 1.36. The van der Waals surface area contributed by atoms with Crippen molar-refractivity contribution in [2.24, 2.45) is 5.41 Å². The highest BCUT2D eigenvalue weighted by atomic mass is 14.3. The molecule has 1 heteroatoms. The SMILES string of the molecule is CC(C)(C)C1=CC=C(C#N)CC1. The molecule has 0 atom stereocenters. The van der Waals surface area contributed by atoms with Crippen LogP contribution >= 0.6 is 0 Å². The molecule has 0 fully saturated rings. The molecule has 1 aliphatic carbocycles. The van der Waals surface area contributed by atoms with E-state index < -0.39 is 0 Å². The summed E-state index contributed by atoms with van der Waals surface area (Å²) in [5.41, 5.74) is 2.61. The lowest BCUT2D eigenvalue weighted by atomic mass is 9.81. The second kappa shape index (κ2) is 3.15. The van der Waals surface area contributed by atoms with Crippen molar-refractivity contribution in [2.45, 2.75) is 33.6 Å². The summed E-state index contributed by atoms with van der Waals surface area (Å²) in [5.74, 6) is 0. The number of hydrogen-bond donors (Lipinski definition) is 0. The predicted molar refractivity (Wildman–Crippen MR) is 50.5 cm³/mol. The van der Waals surface area contributed by atoms with Gasteiger partial charge in [-0.3, -0.25) is 0 Å². The van der Waals surface area contributed by atoms with Crippen molar-refractivity contribution in [1.29, 1.82) is 5.26 Å². The molecule has 0 aromatic heterocycles. The van der Waals surface area contributed by atoms with E-state index in [2.05, 4.69) is 32.9 Å². The third kappa shape index (κ3) is 1.98. The van der Waals surface area contributed by atoms with E-state index in [0.717, 1.165) is 18.4 Å². The fraction of sp³-hybridized carbons (Fsp3) is 0.545. The van der Waals surface area contributed by atoms with Gasteiger partial charge < -0.3 is 0 Å². The van der Waals surface area contributed by atoms with Gasteiger partial charge >= 0.3 is 0 Å². The molecule has 1 nitrogen and oxygen atoms in total. The van der Waals surface area contributed by atoms with Crippen LogP contribution in [0.15, 0.2) is 23.3 Å². The average molecular weight is 161 g/mol. The number of nitriles is 1. The van der Waals surface area contributed by atoms with Crippen LogP contribution in [0.4, 0.5) is 0 Å². The fourth-order valence-corrected chi connectivity index (χ4v) is 1.36. The van der Waals surface area contributed by atoms with E-state index in [1.165, 1.54) is 5.57 Å². The summed E-state index contributed by atoms with van der Waals surface area (Å²) in [4.78, 5) is 0. The largest absolute Gasteiger partial charge is 0.193 e. The van der Waals surface area contributed by atoms with Crippen LogP contribution in [0.25, 0.3) is 0 Å². The van der Waals surface area contributed by atoms with Crippen LogP contribution in [0.2, 0.25) is 0 Å². The molecular formula is C11H15N. The standard InChI is InChI=1S/C11H15N/c1-11(2,3)10-6-4-9(8-12)5-7-10/h4,6H,5,7H2,1-3H3. The van der Waals surface area contributed by atoms with Gasteiger partial charge in [0.1, 0.15) is 0 Å². The third-order valence-electron chi connectivity index (χ3n) is 2.26. The molecule has 0 aromatic carbocycles. The topological polar surface area (TPSA) is 23.8 Å². The Morgan fingerprint density at radius 3 is 2.25 bits per heavy atom. The van der Waals surface area contributed by atoms with Crippen molar-refractivity contribution < 1.29 is 0 Å². The molecular weight excluding hydrogens is 146 g/mol.